The van der Waals surface area contributed by atoms with Crippen LogP contribution >= 0.6 is 0 Å². The maximum atomic E-state index is 13.0. The molecule has 0 N–H and O–H groups in total. The molecule has 0 unspecified atom stereocenters. The summed E-state index contributed by atoms with van der Waals surface area (Å²) in [5.41, 5.74) is 3.37. The number of hydrogen-bond acceptors (Lipinski definition) is 6. The largest absolute Gasteiger partial charge is 0.453 e. The van der Waals surface area contributed by atoms with E-state index in [-0.39, 0.29) is 11.2 Å². The molecule has 0 radical (unpaired) electrons. The van der Waals surface area contributed by atoms with Crippen LogP contribution in [0, 0.1) is 0 Å². The van der Waals surface area contributed by atoms with Crippen molar-refractivity contribution in [2.45, 2.75) is 0 Å². The van der Waals surface area contributed by atoms with Gasteiger partial charge in [0.15, 0.2) is 23.1 Å². The number of fused-ring (bicyclic) bond motifs is 2. The van der Waals surface area contributed by atoms with Crippen LogP contribution in [-0.4, -0.2) is 17.2 Å². The molecule has 6 heteroatoms. The summed E-state index contributed by atoms with van der Waals surface area (Å²) in [5.74, 6) is 0.0460. The van der Waals surface area contributed by atoms with E-state index in [9.17, 15) is 14.4 Å². The second-order valence-corrected chi connectivity index (χ2v) is 7.11. The van der Waals surface area contributed by atoms with E-state index in [1.165, 1.54) is 12.1 Å². The zero-order chi connectivity index (χ0) is 22.1. The van der Waals surface area contributed by atoms with E-state index in [2.05, 4.69) is 4.98 Å². The number of aromatic nitrogens is 1. The molecule has 0 amide bonds. The van der Waals surface area contributed by atoms with Crippen LogP contribution in [0.1, 0.15) is 20.7 Å². The Balaban J connectivity index is 1.52. The normalized spacial score (nSPS) is 10.9. The highest BCUT2D eigenvalue weighted by atomic mass is 16.5. The first kappa shape index (κ1) is 19.4. The molecule has 0 fully saturated rings. The number of esters is 1. The molecule has 0 saturated heterocycles. The third-order valence-corrected chi connectivity index (χ3v) is 5.06. The monoisotopic (exact) mass is 421 g/mol. The minimum Gasteiger partial charge on any atom is -0.453 e. The van der Waals surface area contributed by atoms with Crippen LogP contribution in [0.4, 0.5) is 0 Å². The molecule has 1 aliphatic heterocycles. The number of carbonyl (C=O) groups is 2. The fourth-order valence-corrected chi connectivity index (χ4v) is 3.55. The highest BCUT2D eigenvalue weighted by molar-refractivity contribution is 6.01. The summed E-state index contributed by atoms with van der Waals surface area (Å²) in [7, 11) is 0. The van der Waals surface area contributed by atoms with Crippen LogP contribution in [0.25, 0.3) is 33.7 Å². The van der Waals surface area contributed by atoms with Gasteiger partial charge >= 0.3 is 5.97 Å². The smallest absolute Gasteiger partial charge is 0.344 e. The topological polar surface area (TPSA) is 86.5 Å². The van der Waals surface area contributed by atoms with Gasteiger partial charge in [-0.1, -0.05) is 42.5 Å². The molecule has 32 heavy (non-hydrogen) atoms. The molecule has 154 valence electrons. The Labute approximate surface area is 182 Å². The summed E-state index contributed by atoms with van der Waals surface area (Å²) in [4.78, 5) is 40.5. The van der Waals surface area contributed by atoms with Crippen LogP contribution in [-0.2, 0) is 0 Å². The van der Waals surface area contributed by atoms with Crippen LogP contribution in [0.3, 0.4) is 0 Å². The van der Waals surface area contributed by atoms with Crippen molar-refractivity contribution in [2.75, 3.05) is 0 Å². The van der Waals surface area contributed by atoms with Gasteiger partial charge < -0.3 is 9.15 Å². The van der Waals surface area contributed by atoms with Gasteiger partial charge in [-0.3, -0.25) is 9.59 Å². The Bertz CT molecular complexity index is 1520. The van der Waals surface area contributed by atoms with Crippen LogP contribution in [0.15, 0.2) is 94.1 Å². The van der Waals surface area contributed by atoms with E-state index in [4.69, 9.17) is 9.15 Å². The van der Waals surface area contributed by atoms with Gasteiger partial charge in [-0.05, 0) is 41.5 Å². The molecule has 0 saturated carbocycles. The molecule has 0 aromatic heterocycles. The summed E-state index contributed by atoms with van der Waals surface area (Å²) >= 11 is 0. The molecule has 2 aliphatic rings. The molecule has 6 nitrogen and oxygen atoms in total. The van der Waals surface area contributed by atoms with Crippen molar-refractivity contribution < 1.29 is 18.7 Å². The average molecular weight is 421 g/mol. The van der Waals surface area contributed by atoms with Gasteiger partial charge in [0, 0.05) is 17.7 Å². The fourth-order valence-electron chi connectivity index (χ4n) is 3.55. The Morgan fingerprint density at radius 2 is 1.66 bits per heavy atom. The van der Waals surface area contributed by atoms with Crippen LogP contribution in [0.5, 0.6) is 5.75 Å². The van der Waals surface area contributed by atoms with E-state index >= 15 is 0 Å². The molecule has 1 heterocycles. The Morgan fingerprint density at radius 3 is 2.50 bits per heavy atom. The van der Waals surface area contributed by atoms with Gasteiger partial charge in [0.2, 0.25) is 0 Å². The third-order valence-electron chi connectivity index (χ3n) is 5.06. The quantitative estimate of drug-likeness (QED) is 0.176. The van der Waals surface area contributed by atoms with Crippen molar-refractivity contribution >= 4 is 23.4 Å². The second-order valence-electron chi connectivity index (χ2n) is 7.11. The minimum absolute atomic E-state index is 0.183. The highest BCUT2D eigenvalue weighted by Gasteiger charge is 2.17. The van der Waals surface area contributed by atoms with E-state index in [0.717, 1.165) is 6.29 Å². The van der Waals surface area contributed by atoms with Crippen LogP contribution in [0.2, 0.25) is 0 Å². The van der Waals surface area contributed by atoms with Crippen molar-refractivity contribution in [3.63, 3.8) is 0 Å². The van der Waals surface area contributed by atoms with Crippen LogP contribution < -0.4 is 10.2 Å². The Kier molecular flexibility index (Phi) is 4.80. The lowest BCUT2D eigenvalue weighted by atomic mass is 9.96. The van der Waals surface area contributed by atoms with Crippen molar-refractivity contribution in [2.24, 2.45) is 0 Å². The lowest BCUT2D eigenvalue weighted by Gasteiger charge is -2.12. The first-order valence-corrected chi connectivity index (χ1v) is 9.83. The third kappa shape index (κ3) is 3.54. The Morgan fingerprint density at radius 1 is 0.875 bits per heavy atom. The lowest BCUT2D eigenvalue weighted by molar-refractivity contribution is 0.0735. The van der Waals surface area contributed by atoms with Gasteiger partial charge in [-0.25, -0.2) is 9.78 Å². The van der Waals surface area contributed by atoms with Gasteiger partial charge in [0.05, 0.1) is 5.56 Å². The second kappa shape index (κ2) is 7.92. The molecular weight excluding hydrogens is 406 g/mol. The maximum Gasteiger partial charge on any atom is 0.344 e. The first-order chi connectivity index (χ1) is 15.6. The zero-order valence-corrected chi connectivity index (χ0v) is 16.6. The van der Waals surface area contributed by atoms with Gasteiger partial charge in [0.25, 0.3) is 0 Å². The summed E-state index contributed by atoms with van der Waals surface area (Å²) < 4.78 is 11.4. The van der Waals surface area contributed by atoms with Gasteiger partial charge in [-0.2, -0.15) is 0 Å². The number of rotatable bonds is 4. The highest BCUT2D eigenvalue weighted by Crippen LogP contribution is 2.29. The minimum atomic E-state index is -0.573. The lowest BCUT2D eigenvalue weighted by Crippen LogP contribution is -2.10. The molecular formula is C26H15NO5. The number of nitrogens with zero attached hydrogens (tertiary/aromatic N) is 1. The maximum absolute atomic E-state index is 13.0. The van der Waals surface area contributed by atoms with E-state index in [1.54, 1.807) is 72.8 Å². The van der Waals surface area contributed by atoms with Crippen molar-refractivity contribution in [1.82, 2.24) is 4.98 Å². The summed E-state index contributed by atoms with van der Waals surface area (Å²) in [6, 6.07) is 23.2. The van der Waals surface area contributed by atoms with E-state index < -0.39 is 5.97 Å². The molecule has 0 bridgehead atoms. The predicted molar refractivity (Wildman–Crippen MR) is 119 cm³/mol. The standard InChI is InChI=1S/C26H15NO5/c28-15-16-5-1-2-6-19(16)20-7-3-4-8-21(20)26(30)31-18-10-12-23-25(14-18)32-24-13-17(29)9-11-22(24)27-23/h1-15H. The average Bonchev–Trinajstić information content (AvgIpc) is 2.82. The number of ether oxygens (including phenoxy) is 1. The van der Waals surface area contributed by atoms with E-state index in [0.29, 0.717) is 44.8 Å². The molecule has 0 spiro atoms. The number of benzene rings is 4. The first-order valence-electron chi connectivity index (χ1n) is 9.83. The summed E-state index contributed by atoms with van der Waals surface area (Å²) in [5, 5.41) is 0. The van der Waals surface area contributed by atoms with E-state index in [1.807, 2.05) is 0 Å². The fraction of sp³-hybridized carbons (Fsp3) is 0. The van der Waals surface area contributed by atoms with Crippen molar-refractivity contribution in [3.05, 3.63) is 106 Å². The SMILES string of the molecule is O=Cc1ccccc1-c1ccccc1C(=O)Oc1ccc2nc3ccc(=O)cc-3oc2c1. The van der Waals surface area contributed by atoms with Crippen molar-refractivity contribution in [3.8, 4) is 28.3 Å². The number of aldehydes is 1. The molecule has 3 aromatic carbocycles. The molecule has 5 rings (SSSR count). The summed E-state index contributed by atoms with van der Waals surface area (Å²) in [6.07, 6.45) is 0.757. The number of carbonyl (C=O) groups excluding carboxylic acids is 2. The van der Waals surface area contributed by atoms with Crippen molar-refractivity contribution in [1.29, 1.82) is 0 Å². The Hall–Kier alpha value is -4.58. The predicted octanol–water partition coefficient (Wildman–Crippen LogP) is 4.99. The molecule has 0 atom stereocenters. The van der Waals surface area contributed by atoms with Gasteiger partial charge in [0.1, 0.15) is 17.0 Å². The number of hydrogen-bond donors (Lipinski definition) is 0. The molecule has 3 aromatic rings. The van der Waals surface area contributed by atoms with Gasteiger partial charge in [-0.15, -0.1) is 0 Å². The molecule has 1 aliphatic carbocycles. The zero-order valence-electron chi connectivity index (χ0n) is 16.6. The summed E-state index contributed by atoms with van der Waals surface area (Å²) in [6.45, 7) is 0.